The summed E-state index contributed by atoms with van der Waals surface area (Å²) >= 11 is 2.80. The van der Waals surface area contributed by atoms with E-state index in [9.17, 15) is 9.59 Å². The SMILES string of the molecule is CCCCCNC(=O)Cc1csc(NC(=O)c2ccsc2)n1. The summed E-state index contributed by atoms with van der Waals surface area (Å²) in [5, 5.41) is 11.6. The van der Waals surface area contributed by atoms with Crippen LogP contribution in [0.2, 0.25) is 0 Å². The van der Waals surface area contributed by atoms with E-state index in [1.54, 1.807) is 16.8 Å². The van der Waals surface area contributed by atoms with Crippen LogP contribution in [0.3, 0.4) is 0 Å². The summed E-state index contributed by atoms with van der Waals surface area (Å²) in [6.07, 6.45) is 3.50. The van der Waals surface area contributed by atoms with Crippen molar-refractivity contribution in [3.63, 3.8) is 0 Å². The molecule has 2 amide bonds. The van der Waals surface area contributed by atoms with E-state index in [0.29, 0.717) is 22.9 Å². The maximum Gasteiger partial charge on any atom is 0.258 e. The van der Waals surface area contributed by atoms with E-state index >= 15 is 0 Å². The Morgan fingerprint density at radius 1 is 1.27 bits per heavy atom. The molecule has 22 heavy (non-hydrogen) atoms. The summed E-state index contributed by atoms with van der Waals surface area (Å²) in [4.78, 5) is 27.9. The molecule has 0 fully saturated rings. The lowest BCUT2D eigenvalue weighted by Gasteiger charge is -2.02. The number of unbranched alkanes of at least 4 members (excludes halogenated alkanes) is 2. The fraction of sp³-hybridized carbons (Fsp3) is 0.400. The minimum Gasteiger partial charge on any atom is -0.356 e. The number of thiophene rings is 1. The minimum absolute atomic E-state index is 0.0304. The van der Waals surface area contributed by atoms with Crippen LogP contribution in [-0.4, -0.2) is 23.3 Å². The smallest absolute Gasteiger partial charge is 0.258 e. The summed E-state index contributed by atoms with van der Waals surface area (Å²) in [6, 6.07) is 1.76. The van der Waals surface area contributed by atoms with Gasteiger partial charge in [-0.05, 0) is 17.9 Å². The van der Waals surface area contributed by atoms with Crippen LogP contribution in [0.25, 0.3) is 0 Å². The topological polar surface area (TPSA) is 71.1 Å². The summed E-state index contributed by atoms with van der Waals surface area (Å²) in [5.74, 6) is -0.205. The third-order valence-corrected chi connectivity index (χ3v) is 4.49. The van der Waals surface area contributed by atoms with Crippen molar-refractivity contribution in [2.45, 2.75) is 32.6 Å². The maximum atomic E-state index is 11.9. The summed E-state index contributed by atoms with van der Waals surface area (Å²) in [6.45, 7) is 2.83. The van der Waals surface area contributed by atoms with Crippen LogP contribution < -0.4 is 10.6 Å². The molecule has 0 radical (unpaired) electrons. The van der Waals surface area contributed by atoms with Gasteiger partial charge in [-0.2, -0.15) is 11.3 Å². The van der Waals surface area contributed by atoms with Crippen LogP contribution >= 0.6 is 22.7 Å². The standard InChI is InChI=1S/C15H19N3O2S2/c1-2-3-4-6-16-13(19)8-12-10-22-15(17-12)18-14(20)11-5-7-21-9-11/h5,7,9-10H,2-4,6,8H2,1H3,(H,16,19)(H,17,18,20). The highest BCUT2D eigenvalue weighted by Crippen LogP contribution is 2.17. The van der Waals surface area contributed by atoms with E-state index in [0.717, 1.165) is 19.3 Å². The van der Waals surface area contributed by atoms with Crippen molar-refractivity contribution in [3.05, 3.63) is 33.5 Å². The van der Waals surface area contributed by atoms with Crippen molar-refractivity contribution < 1.29 is 9.59 Å². The van der Waals surface area contributed by atoms with Crippen molar-refractivity contribution in [2.24, 2.45) is 0 Å². The van der Waals surface area contributed by atoms with Gasteiger partial charge in [0.2, 0.25) is 5.91 Å². The van der Waals surface area contributed by atoms with Crippen LogP contribution in [0.1, 0.15) is 42.2 Å². The Labute approximate surface area is 137 Å². The van der Waals surface area contributed by atoms with Crippen molar-refractivity contribution in [3.8, 4) is 0 Å². The number of carbonyl (C=O) groups is 2. The van der Waals surface area contributed by atoms with Gasteiger partial charge in [-0.1, -0.05) is 19.8 Å². The van der Waals surface area contributed by atoms with E-state index in [1.807, 2.05) is 5.38 Å². The fourth-order valence-corrected chi connectivity index (χ4v) is 3.18. The van der Waals surface area contributed by atoms with E-state index in [1.165, 1.54) is 22.7 Å². The molecule has 2 aromatic rings. The number of hydrogen-bond donors (Lipinski definition) is 2. The molecule has 0 aliphatic heterocycles. The number of amides is 2. The number of hydrogen-bond acceptors (Lipinski definition) is 5. The van der Waals surface area contributed by atoms with Gasteiger partial charge < -0.3 is 5.32 Å². The molecule has 2 aromatic heterocycles. The molecule has 118 valence electrons. The van der Waals surface area contributed by atoms with Gasteiger partial charge in [0, 0.05) is 17.3 Å². The first-order valence-corrected chi connectivity index (χ1v) is 9.06. The molecule has 0 aliphatic carbocycles. The highest BCUT2D eigenvalue weighted by molar-refractivity contribution is 7.14. The van der Waals surface area contributed by atoms with E-state index < -0.39 is 0 Å². The molecule has 0 unspecified atom stereocenters. The van der Waals surface area contributed by atoms with Crippen molar-refractivity contribution in [1.29, 1.82) is 0 Å². The molecular weight excluding hydrogens is 318 g/mol. The average molecular weight is 337 g/mol. The Bertz CT molecular complexity index is 608. The Morgan fingerprint density at radius 2 is 2.14 bits per heavy atom. The lowest BCUT2D eigenvalue weighted by atomic mass is 10.2. The van der Waals surface area contributed by atoms with Crippen molar-refractivity contribution >= 4 is 39.6 Å². The van der Waals surface area contributed by atoms with Gasteiger partial charge in [0.25, 0.3) is 5.91 Å². The summed E-state index contributed by atoms with van der Waals surface area (Å²) < 4.78 is 0. The number of anilines is 1. The lowest BCUT2D eigenvalue weighted by molar-refractivity contribution is -0.120. The van der Waals surface area contributed by atoms with Gasteiger partial charge >= 0.3 is 0 Å². The molecule has 0 bridgehead atoms. The molecule has 0 aromatic carbocycles. The molecule has 0 saturated heterocycles. The van der Waals surface area contributed by atoms with Gasteiger partial charge in [0.15, 0.2) is 5.13 Å². The Morgan fingerprint density at radius 3 is 2.86 bits per heavy atom. The molecule has 2 rings (SSSR count). The highest BCUT2D eigenvalue weighted by Gasteiger charge is 2.11. The van der Waals surface area contributed by atoms with Crippen LogP contribution in [0, 0.1) is 0 Å². The predicted octanol–water partition coefficient (Wildman–Crippen LogP) is 3.31. The van der Waals surface area contributed by atoms with Crippen LogP contribution in [0.15, 0.2) is 22.2 Å². The Kier molecular flexibility index (Phi) is 6.54. The van der Waals surface area contributed by atoms with Gasteiger partial charge in [-0.25, -0.2) is 4.98 Å². The third kappa shape index (κ3) is 5.23. The number of nitrogens with zero attached hydrogens (tertiary/aromatic N) is 1. The lowest BCUT2D eigenvalue weighted by Crippen LogP contribution is -2.26. The third-order valence-electron chi connectivity index (χ3n) is 3.00. The highest BCUT2D eigenvalue weighted by atomic mass is 32.1. The first kappa shape index (κ1) is 16.6. The largest absolute Gasteiger partial charge is 0.356 e. The molecule has 7 heteroatoms. The maximum absolute atomic E-state index is 11.9. The summed E-state index contributed by atoms with van der Waals surface area (Å²) in [7, 11) is 0. The zero-order chi connectivity index (χ0) is 15.8. The zero-order valence-electron chi connectivity index (χ0n) is 12.4. The molecule has 0 saturated carbocycles. The van der Waals surface area contributed by atoms with E-state index in [-0.39, 0.29) is 18.2 Å². The molecule has 0 spiro atoms. The average Bonchev–Trinajstić information content (AvgIpc) is 3.15. The first-order chi connectivity index (χ1) is 10.7. The second kappa shape index (κ2) is 8.65. The minimum atomic E-state index is -0.175. The van der Waals surface area contributed by atoms with Gasteiger partial charge in [0.05, 0.1) is 17.7 Å². The van der Waals surface area contributed by atoms with Crippen LogP contribution in [-0.2, 0) is 11.2 Å². The van der Waals surface area contributed by atoms with Gasteiger partial charge in [-0.15, -0.1) is 11.3 Å². The number of nitrogens with one attached hydrogen (secondary N) is 2. The molecule has 0 atom stereocenters. The number of carbonyl (C=O) groups excluding carboxylic acids is 2. The van der Waals surface area contributed by atoms with Crippen molar-refractivity contribution in [2.75, 3.05) is 11.9 Å². The Balaban J connectivity index is 1.78. The fourth-order valence-electron chi connectivity index (χ4n) is 1.84. The monoisotopic (exact) mass is 337 g/mol. The molecule has 0 aliphatic rings. The zero-order valence-corrected chi connectivity index (χ0v) is 14.1. The van der Waals surface area contributed by atoms with E-state index in [4.69, 9.17) is 0 Å². The second-order valence-corrected chi connectivity index (χ2v) is 6.48. The Hall–Kier alpha value is -1.73. The van der Waals surface area contributed by atoms with Crippen LogP contribution in [0.5, 0.6) is 0 Å². The molecule has 2 heterocycles. The summed E-state index contributed by atoms with van der Waals surface area (Å²) in [5.41, 5.74) is 1.30. The molecule has 5 nitrogen and oxygen atoms in total. The first-order valence-electron chi connectivity index (χ1n) is 7.23. The predicted molar refractivity (Wildman–Crippen MR) is 90.6 cm³/mol. The van der Waals surface area contributed by atoms with Crippen LogP contribution in [0.4, 0.5) is 5.13 Å². The molecular formula is C15H19N3O2S2. The van der Waals surface area contributed by atoms with E-state index in [2.05, 4.69) is 22.5 Å². The second-order valence-electron chi connectivity index (χ2n) is 4.84. The van der Waals surface area contributed by atoms with Crippen molar-refractivity contribution in [1.82, 2.24) is 10.3 Å². The number of aromatic nitrogens is 1. The quantitative estimate of drug-likeness (QED) is 0.726. The van der Waals surface area contributed by atoms with Gasteiger partial charge in [-0.3, -0.25) is 14.9 Å². The molecule has 2 N–H and O–H groups in total. The number of thiazole rings is 1. The van der Waals surface area contributed by atoms with Gasteiger partial charge in [0.1, 0.15) is 0 Å². The normalized spacial score (nSPS) is 10.4. The number of rotatable bonds is 8.